The fraction of sp³-hybridized carbons (Fsp3) is 0.417. The van der Waals surface area contributed by atoms with Gasteiger partial charge < -0.3 is 5.32 Å². The van der Waals surface area contributed by atoms with Crippen molar-refractivity contribution in [2.75, 3.05) is 6.54 Å². The van der Waals surface area contributed by atoms with E-state index in [0.717, 1.165) is 23.0 Å². The fourth-order valence-corrected chi connectivity index (χ4v) is 1.60. The lowest BCUT2D eigenvalue weighted by Gasteiger charge is -2.07. The Kier molecular flexibility index (Phi) is 5.58. The number of hydrogen-bond donors (Lipinski definition) is 1. The summed E-state index contributed by atoms with van der Waals surface area (Å²) in [6.07, 6.45) is 9.05. The van der Waals surface area contributed by atoms with Gasteiger partial charge in [-0.2, -0.15) is 0 Å². The predicted octanol–water partition coefficient (Wildman–Crippen LogP) is 3.25. The molecule has 15 heavy (non-hydrogen) atoms. The highest BCUT2D eigenvalue weighted by Crippen LogP contribution is 2.10. The maximum atomic E-state index is 4.11. The number of pyridine rings is 1. The predicted molar refractivity (Wildman–Crippen MR) is 68.7 cm³/mol. The third-order valence-corrected chi connectivity index (χ3v) is 2.45. The molecular weight excluding hydrogens is 252 g/mol. The minimum absolute atomic E-state index is 0.406. The molecule has 0 spiro atoms. The normalized spacial score (nSPS) is 13.3. The van der Waals surface area contributed by atoms with Gasteiger partial charge in [0.2, 0.25) is 0 Å². The van der Waals surface area contributed by atoms with Crippen LogP contribution in [0, 0.1) is 0 Å². The third kappa shape index (κ3) is 5.09. The molecular formula is C12H17BrN2. The molecule has 0 aromatic carbocycles. The second-order valence-electron chi connectivity index (χ2n) is 3.54. The summed E-state index contributed by atoms with van der Waals surface area (Å²) in [4.78, 5) is 4.11. The summed E-state index contributed by atoms with van der Waals surface area (Å²) in [5, 5.41) is 3.40. The second kappa shape index (κ2) is 6.75. The Morgan fingerprint density at radius 1 is 1.53 bits per heavy atom. The quantitative estimate of drug-likeness (QED) is 0.887. The minimum atomic E-state index is 0.406. The van der Waals surface area contributed by atoms with Crippen LogP contribution in [0.4, 0.5) is 0 Å². The van der Waals surface area contributed by atoms with Crippen LogP contribution in [0.3, 0.4) is 0 Å². The van der Waals surface area contributed by atoms with Crippen molar-refractivity contribution in [3.05, 3.63) is 34.6 Å². The van der Waals surface area contributed by atoms with Crippen molar-refractivity contribution in [2.45, 2.75) is 26.3 Å². The van der Waals surface area contributed by atoms with Gasteiger partial charge in [0, 0.05) is 22.9 Å². The van der Waals surface area contributed by atoms with Crippen LogP contribution in [0.1, 0.15) is 25.8 Å². The number of rotatable bonds is 5. The van der Waals surface area contributed by atoms with E-state index in [0.29, 0.717) is 6.04 Å². The summed E-state index contributed by atoms with van der Waals surface area (Å²) >= 11 is 3.40. The Morgan fingerprint density at radius 3 is 3.00 bits per heavy atom. The lowest BCUT2D eigenvalue weighted by atomic mass is 10.2. The molecule has 1 aromatic rings. The third-order valence-electron chi connectivity index (χ3n) is 2.02. The van der Waals surface area contributed by atoms with Gasteiger partial charge in [-0.1, -0.05) is 19.1 Å². The van der Waals surface area contributed by atoms with Crippen LogP contribution >= 0.6 is 15.9 Å². The molecule has 0 bridgehead atoms. The van der Waals surface area contributed by atoms with Crippen molar-refractivity contribution in [1.82, 2.24) is 10.3 Å². The molecule has 0 saturated heterocycles. The SMILES string of the molecule is CCCNC(C)/C=C/c1cncc(Br)c1. The highest BCUT2D eigenvalue weighted by atomic mass is 79.9. The molecule has 0 aliphatic heterocycles. The first-order chi connectivity index (χ1) is 7.22. The molecule has 2 nitrogen and oxygen atoms in total. The molecule has 1 rings (SSSR count). The first kappa shape index (κ1) is 12.4. The molecule has 0 aliphatic rings. The Balaban J connectivity index is 2.49. The highest BCUT2D eigenvalue weighted by Gasteiger charge is 1.94. The van der Waals surface area contributed by atoms with Crippen LogP contribution in [0.25, 0.3) is 6.08 Å². The molecule has 0 fully saturated rings. The van der Waals surface area contributed by atoms with E-state index in [2.05, 4.69) is 58.3 Å². The standard InChI is InChI=1S/C12H17BrN2/c1-3-6-15-10(2)4-5-11-7-12(13)9-14-8-11/h4-5,7-10,15H,3,6H2,1-2H3/b5-4+. The topological polar surface area (TPSA) is 24.9 Å². The largest absolute Gasteiger partial charge is 0.311 e. The molecule has 1 heterocycles. The van der Waals surface area contributed by atoms with Crippen molar-refractivity contribution in [2.24, 2.45) is 0 Å². The van der Waals surface area contributed by atoms with E-state index in [-0.39, 0.29) is 0 Å². The monoisotopic (exact) mass is 268 g/mol. The number of nitrogens with zero attached hydrogens (tertiary/aromatic N) is 1. The molecule has 1 aromatic heterocycles. The smallest absolute Gasteiger partial charge is 0.0410 e. The summed E-state index contributed by atoms with van der Waals surface area (Å²) in [6, 6.07) is 2.46. The van der Waals surface area contributed by atoms with Gasteiger partial charge in [0.25, 0.3) is 0 Å². The van der Waals surface area contributed by atoms with E-state index in [4.69, 9.17) is 0 Å². The number of halogens is 1. The second-order valence-corrected chi connectivity index (χ2v) is 4.45. The van der Waals surface area contributed by atoms with Crippen LogP contribution < -0.4 is 5.32 Å². The van der Waals surface area contributed by atoms with Crippen molar-refractivity contribution in [1.29, 1.82) is 0 Å². The van der Waals surface area contributed by atoms with Crippen LogP contribution in [0.15, 0.2) is 29.0 Å². The van der Waals surface area contributed by atoms with Gasteiger partial charge in [-0.15, -0.1) is 0 Å². The van der Waals surface area contributed by atoms with Crippen LogP contribution in [-0.2, 0) is 0 Å². The van der Waals surface area contributed by atoms with E-state index in [9.17, 15) is 0 Å². The highest BCUT2D eigenvalue weighted by molar-refractivity contribution is 9.10. The van der Waals surface area contributed by atoms with E-state index in [1.165, 1.54) is 0 Å². The van der Waals surface area contributed by atoms with Crippen molar-refractivity contribution < 1.29 is 0 Å². The minimum Gasteiger partial charge on any atom is -0.311 e. The molecule has 1 atom stereocenters. The Labute approximate surface area is 99.9 Å². The first-order valence-electron chi connectivity index (χ1n) is 5.24. The van der Waals surface area contributed by atoms with Crippen LogP contribution in [-0.4, -0.2) is 17.6 Å². The van der Waals surface area contributed by atoms with Crippen molar-refractivity contribution in [3.63, 3.8) is 0 Å². The van der Waals surface area contributed by atoms with E-state index >= 15 is 0 Å². The summed E-state index contributed by atoms with van der Waals surface area (Å²) in [7, 11) is 0. The Hall–Kier alpha value is -0.670. The number of hydrogen-bond acceptors (Lipinski definition) is 2. The summed E-state index contributed by atoms with van der Waals surface area (Å²) < 4.78 is 1.01. The van der Waals surface area contributed by atoms with Gasteiger partial charge in [0.15, 0.2) is 0 Å². The van der Waals surface area contributed by atoms with Gasteiger partial charge in [0.1, 0.15) is 0 Å². The average Bonchev–Trinajstić information content (AvgIpc) is 2.23. The van der Waals surface area contributed by atoms with E-state index in [1.54, 1.807) is 6.20 Å². The summed E-state index contributed by atoms with van der Waals surface area (Å²) in [6.45, 7) is 5.38. The Morgan fingerprint density at radius 2 is 2.33 bits per heavy atom. The van der Waals surface area contributed by atoms with Crippen LogP contribution in [0.5, 0.6) is 0 Å². The van der Waals surface area contributed by atoms with Crippen LogP contribution in [0.2, 0.25) is 0 Å². The lowest BCUT2D eigenvalue weighted by molar-refractivity contribution is 0.625. The zero-order chi connectivity index (χ0) is 11.1. The number of nitrogens with one attached hydrogen (secondary N) is 1. The average molecular weight is 269 g/mol. The maximum Gasteiger partial charge on any atom is 0.0410 e. The Bertz CT molecular complexity index is 323. The molecule has 82 valence electrons. The molecule has 1 unspecified atom stereocenters. The van der Waals surface area contributed by atoms with Crippen molar-refractivity contribution >= 4 is 22.0 Å². The lowest BCUT2D eigenvalue weighted by Crippen LogP contribution is -2.24. The molecule has 1 N–H and O–H groups in total. The molecule has 0 saturated carbocycles. The molecule has 0 amide bonds. The fourth-order valence-electron chi connectivity index (χ4n) is 1.21. The van der Waals surface area contributed by atoms with Gasteiger partial charge in [-0.05, 0) is 47.4 Å². The van der Waals surface area contributed by atoms with Gasteiger partial charge in [-0.3, -0.25) is 4.98 Å². The van der Waals surface area contributed by atoms with Gasteiger partial charge in [-0.25, -0.2) is 0 Å². The first-order valence-corrected chi connectivity index (χ1v) is 6.04. The molecule has 0 radical (unpaired) electrons. The van der Waals surface area contributed by atoms with Gasteiger partial charge in [0.05, 0.1) is 0 Å². The van der Waals surface area contributed by atoms with Crippen molar-refractivity contribution in [3.8, 4) is 0 Å². The molecule has 3 heteroatoms. The number of aromatic nitrogens is 1. The van der Waals surface area contributed by atoms with E-state index < -0.39 is 0 Å². The van der Waals surface area contributed by atoms with E-state index in [1.807, 2.05) is 6.20 Å². The summed E-state index contributed by atoms with van der Waals surface area (Å²) in [5.41, 5.74) is 1.12. The summed E-state index contributed by atoms with van der Waals surface area (Å²) in [5.74, 6) is 0. The molecule has 0 aliphatic carbocycles. The zero-order valence-corrected chi connectivity index (χ0v) is 10.8. The van der Waals surface area contributed by atoms with Gasteiger partial charge >= 0.3 is 0 Å². The maximum absolute atomic E-state index is 4.11. The zero-order valence-electron chi connectivity index (χ0n) is 9.20.